The Labute approximate surface area is 133 Å². The summed E-state index contributed by atoms with van der Waals surface area (Å²) >= 11 is 0. The Kier molecular flexibility index (Phi) is 4.78. The Morgan fingerprint density at radius 2 is 1.52 bits per heavy atom. The first-order valence-electron chi connectivity index (χ1n) is 7.17. The third kappa shape index (κ3) is 4.34. The second-order valence-corrected chi connectivity index (χ2v) is 5.73. The van der Waals surface area contributed by atoms with Gasteiger partial charge in [0, 0.05) is 19.2 Å². The van der Waals surface area contributed by atoms with Crippen molar-refractivity contribution in [1.82, 2.24) is 4.90 Å². The van der Waals surface area contributed by atoms with Crippen LogP contribution in [0.25, 0.3) is 0 Å². The molecule has 5 heteroatoms. The molecule has 2 aromatic carbocycles. The van der Waals surface area contributed by atoms with Crippen LogP contribution in [-0.2, 0) is 12.7 Å². The standard InChI is InChI=1S/C18H18F3NO/c1-12-8-13(2)10-15(9-12)17(23)22(3)11-14-4-6-16(7-5-14)18(19,20)21/h4-10H,11H2,1-3H3. The van der Waals surface area contributed by atoms with Gasteiger partial charge >= 0.3 is 6.18 Å². The third-order valence-corrected chi connectivity index (χ3v) is 3.52. The minimum absolute atomic E-state index is 0.156. The van der Waals surface area contributed by atoms with Crippen molar-refractivity contribution in [3.8, 4) is 0 Å². The number of benzene rings is 2. The van der Waals surface area contributed by atoms with Crippen LogP contribution >= 0.6 is 0 Å². The van der Waals surface area contributed by atoms with E-state index < -0.39 is 11.7 Å². The van der Waals surface area contributed by atoms with Crippen LogP contribution in [0, 0.1) is 13.8 Å². The molecular weight excluding hydrogens is 303 g/mol. The summed E-state index contributed by atoms with van der Waals surface area (Å²) in [7, 11) is 1.64. The van der Waals surface area contributed by atoms with E-state index >= 15 is 0 Å². The van der Waals surface area contributed by atoms with Gasteiger partial charge in [0.25, 0.3) is 5.91 Å². The highest BCUT2D eigenvalue weighted by Gasteiger charge is 2.30. The molecule has 0 saturated heterocycles. The fourth-order valence-electron chi connectivity index (χ4n) is 2.46. The SMILES string of the molecule is Cc1cc(C)cc(C(=O)N(C)Cc2ccc(C(F)(F)F)cc2)c1. The van der Waals surface area contributed by atoms with Gasteiger partial charge in [0.1, 0.15) is 0 Å². The normalized spacial score (nSPS) is 11.4. The molecule has 122 valence electrons. The van der Waals surface area contributed by atoms with E-state index in [4.69, 9.17) is 0 Å². The fraction of sp³-hybridized carbons (Fsp3) is 0.278. The van der Waals surface area contributed by atoms with Crippen LogP contribution in [0.1, 0.15) is 32.6 Å². The monoisotopic (exact) mass is 321 g/mol. The molecular formula is C18H18F3NO. The smallest absolute Gasteiger partial charge is 0.337 e. The Hall–Kier alpha value is -2.30. The third-order valence-electron chi connectivity index (χ3n) is 3.52. The van der Waals surface area contributed by atoms with Crippen molar-refractivity contribution in [2.75, 3.05) is 7.05 Å². The molecule has 0 spiro atoms. The molecule has 0 N–H and O–H groups in total. The van der Waals surface area contributed by atoms with Crippen molar-refractivity contribution in [3.05, 3.63) is 70.3 Å². The maximum absolute atomic E-state index is 12.5. The van der Waals surface area contributed by atoms with Crippen LogP contribution in [0.3, 0.4) is 0 Å². The number of nitrogens with zero attached hydrogens (tertiary/aromatic N) is 1. The molecule has 0 saturated carbocycles. The van der Waals surface area contributed by atoms with E-state index in [1.54, 1.807) is 19.2 Å². The highest BCUT2D eigenvalue weighted by atomic mass is 19.4. The highest BCUT2D eigenvalue weighted by molar-refractivity contribution is 5.94. The van der Waals surface area contributed by atoms with Gasteiger partial charge in [-0.1, -0.05) is 29.3 Å². The predicted molar refractivity (Wildman–Crippen MR) is 83.2 cm³/mol. The Morgan fingerprint density at radius 3 is 2.00 bits per heavy atom. The summed E-state index contributed by atoms with van der Waals surface area (Å²) in [4.78, 5) is 13.9. The van der Waals surface area contributed by atoms with Crippen LogP contribution in [0.5, 0.6) is 0 Å². The molecule has 2 aromatic rings. The van der Waals surface area contributed by atoms with Crippen LogP contribution < -0.4 is 0 Å². The van der Waals surface area contributed by atoms with Crippen molar-refractivity contribution < 1.29 is 18.0 Å². The molecule has 0 aliphatic rings. The second kappa shape index (κ2) is 6.44. The molecule has 0 radical (unpaired) electrons. The number of hydrogen-bond donors (Lipinski definition) is 0. The van der Waals surface area contributed by atoms with E-state index in [2.05, 4.69) is 0 Å². The highest BCUT2D eigenvalue weighted by Crippen LogP contribution is 2.29. The van der Waals surface area contributed by atoms with E-state index in [0.717, 1.165) is 23.3 Å². The van der Waals surface area contributed by atoms with Gasteiger partial charge < -0.3 is 4.90 Å². The molecule has 0 aliphatic carbocycles. The molecule has 2 rings (SSSR count). The zero-order chi connectivity index (χ0) is 17.2. The molecule has 23 heavy (non-hydrogen) atoms. The summed E-state index contributed by atoms with van der Waals surface area (Å²) in [6.07, 6.45) is -4.35. The molecule has 0 atom stereocenters. The lowest BCUT2D eigenvalue weighted by molar-refractivity contribution is -0.137. The number of amides is 1. The Balaban J connectivity index is 2.12. The summed E-state index contributed by atoms with van der Waals surface area (Å²) in [5.41, 5.74) is 2.53. The summed E-state index contributed by atoms with van der Waals surface area (Å²) in [5.74, 6) is -0.156. The number of carbonyl (C=O) groups excluding carboxylic acids is 1. The first kappa shape index (κ1) is 17.1. The fourth-order valence-corrected chi connectivity index (χ4v) is 2.46. The number of rotatable bonds is 3. The molecule has 0 aliphatic heterocycles. The molecule has 0 aromatic heterocycles. The summed E-state index contributed by atoms with van der Waals surface area (Å²) in [6.45, 7) is 4.09. The van der Waals surface area contributed by atoms with E-state index in [9.17, 15) is 18.0 Å². The van der Waals surface area contributed by atoms with Crippen LogP contribution in [0.4, 0.5) is 13.2 Å². The number of halogens is 3. The first-order valence-corrected chi connectivity index (χ1v) is 7.17. The zero-order valence-electron chi connectivity index (χ0n) is 13.2. The number of carbonyl (C=O) groups is 1. The minimum Gasteiger partial charge on any atom is -0.337 e. The average molecular weight is 321 g/mol. The van der Waals surface area contributed by atoms with Gasteiger partial charge in [0.15, 0.2) is 0 Å². The van der Waals surface area contributed by atoms with Crippen LogP contribution in [0.2, 0.25) is 0 Å². The molecule has 0 heterocycles. The van der Waals surface area contributed by atoms with Crippen LogP contribution in [0.15, 0.2) is 42.5 Å². The molecule has 2 nitrogen and oxygen atoms in total. The van der Waals surface area contributed by atoms with Crippen molar-refractivity contribution in [2.45, 2.75) is 26.6 Å². The Morgan fingerprint density at radius 1 is 1.00 bits per heavy atom. The van der Waals surface area contributed by atoms with Crippen molar-refractivity contribution in [2.24, 2.45) is 0 Å². The number of hydrogen-bond acceptors (Lipinski definition) is 1. The van der Waals surface area contributed by atoms with E-state index in [-0.39, 0.29) is 12.5 Å². The Bertz CT molecular complexity index is 685. The molecule has 0 bridgehead atoms. The lowest BCUT2D eigenvalue weighted by Crippen LogP contribution is -2.26. The maximum Gasteiger partial charge on any atom is 0.416 e. The topological polar surface area (TPSA) is 20.3 Å². The summed E-state index contributed by atoms with van der Waals surface area (Å²) in [6, 6.07) is 10.4. The van der Waals surface area contributed by atoms with E-state index in [1.165, 1.54) is 17.0 Å². The first-order chi connectivity index (χ1) is 10.7. The predicted octanol–water partition coefficient (Wildman–Crippen LogP) is 4.59. The number of alkyl halides is 3. The quantitative estimate of drug-likeness (QED) is 0.809. The second-order valence-electron chi connectivity index (χ2n) is 5.73. The number of aryl methyl sites for hydroxylation is 2. The maximum atomic E-state index is 12.5. The minimum atomic E-state index is -4.35. The molecule has 0 unspecified atom stereocenters. The van der Waals surface area contributed by atoms with Crippen molar-refractivity contribution in [1.29, 1.82) is 0 Å². The van der Waals surface area contributed by atoms with Crippen molar-refractivity contribution in [3.63, 3.8) is 0 Å². The van der Waals surface area contributed by atoms with Gasteiger partial charge in [0.05, 0.1) is 5.56 Å². The van der Waals surface area contributed by atoms with Crippen LogP contribution in [-0.4, -0.2) is 17.9 Å². The van der Waals surface area contributed by atoms with E-state index in [1.807, 2.05) is 19.9 Å². The van der Waals surface area contributed by atoms with Gasteiger partial charge in [-0.15, -0.1) is 0 Å². The van der Waals surface area contributed by atoms with Gasteiger partial charge in [0.2, 0.25) is 0 Å². The summed E-state index contributed by atoms with van der Waals surface area (Å²) < 4.78 is 37.6. The lowest BCUT2D eigenvalue weighted by atomic mass is 10.1. The molecule has 0 fully saturated rings. The van der Waals surface area contributed by atoms with E-state index in [0.29, 0.717) is 11.1 Å². The average Bonchev–Trinajstić information content (AvgIpc) is 2.45. The summed E-state index contributed by atoms with van der Waals surface area (Å²) in [5, 5.41) is 0. The van der Waals surface area contributed by atoms with Gasteiger partial charge in [-0.25, -0.2) is 0 Å². The lowest BCUT2D eigenvalue weighted by Gasteiger charge is -2.18. The van der Waals surface area contributed by atoms with Gasteiger partial charge in [-0.3, -0.25) is 4.79 Å². The van der Waals surface area contributed by atoms with Gasteiger partial charge in [-0.05, 0) is 43.7 Å². The molecule has 1 amide bonds. The van der Waals surface area contributed by atoms with Gasteiger partial charge in [-0.2, -0.15) is 13.2 Å². The van der Waals surface area contributed by atoms with Crippen molar-refractivity contribution >= 4 is 5.91 Å². The zero-order valence-corrected chi connectivity index (χ0v) is 13.2. The largest absolute Gasteiger partial charge is 0.416 e.